The van der Waals surface area contributed by atoms with Gasteiger partial charge in [-0.05, 0) is 45.4 Å². The van der Waals surface area contributed by atoms with Gasteiger partial charge in [-0.1, -0.05) is 97.3 Å². The Morgan fingerprint density at radius 3 is 2.04 bits per heavy atom. The first-order valence-corrected chi connectivity index (χ1v) is 19.2. The number of rotatable bonds is 22. The molecule has 2 rings (SSSR count). The van der Waals surface area contributed by atoms with Crippen molar-refractivity contribution < 1.29 is 43.1 Å². The summed E-state index contributed by atoms with van der Waals surface area (Å²) in [5, 5.41) is 24.6. The molecule has 0 spiro atoms. The van der Waals surface area contributed by atoms with Crippen molar-refractivity contribution in [3.8, 4) is 0 Å². The number of aliphatic hydroxyl groups is 2. The largest absolute Gasteiger partial charge is 1.00 e. The normalized spacial score (nSPS) is 28.3. The van der Waals surface area contributed by atoms with E-state index in [-0.39, 0.29) is 32.2 Å². The highest BCUT2D eigenvalue weighted by atomic mass is 35.5. The summed E-state index contributed by atoms with van der Waals surface area (Å²) >= 11 is 7.82. The molecule has 8 nitrogen and oxygen atoms in total. The third-order valence-corrected chi connectivity index (χ3v) is 10.5. The summed E-state index contributed by atoms with van der Waals surface area (Å²) in [7, 11) is 1.95. The van der Waals surface area contributed by atoms with E-state index in [1.54, 1.807) is 13.2 Å². The number of likely N-dealkylation sites (tertiary alicyclic amines) is 1. The number of aliphatic hydroxyl groups excluding tert-OH is 2. The van der Waals surface area contributed by atoms with Gasteiger partial charge in [0, 0.05) is 13.0 Å². The molecule has 0 aromatic rings. The summed E-state index contributed by atoms with van der Waals surface area (Å²) in [6, 6.07) is -1.00. The SMILES string of the molecule is CCCCCCCCCCCCCCCC(=O)O[C@@H]1[C@@H](O)[C@@H](O)[C@@H](C(NC(=O)[C@@H]2C[C@@H](CCC)CN2C)C(C)Cl)O[C@@H]1SC.[Cl-].[H+]. The number of hydrogen-bond acceptors (Lipinski definition) is 8. The van der Waals surface area contributed by atoms with E-state index in [1.165, 1.54) is 76.0 Å². The van der Waals surface area contributed by atoms with Gasteiger partial charge < -0.3 is 37.4 Å². The van der Waals surface area contributed by atoms with Crippen LogP contribution in [0, 0.1) is 5.92 Å². The molecule has 2 aliphatic heterocycles. The minimum absolute atomic E-state index is 0. The lowest BCUT2D eigenvalue weighted by Crippen LogP contribution is -3.00. The van der Waals surface area contributed by atoms with Gasteiger partial charge in [-0.3, -0.25) is 14.5 Å². The Morgan fingerprint density at radius 2 is 1.53 bits per heavy atom. The fraction of sp³-hybridized carbons (Fsp3) is 0.941. The van der Waals surface area contributed by atoms with Crippen LogP contribution in [0.3, 0.4) is 0 Å². The second-order valence-corrected chi connectivity index (χ2v) is 14.8. The zero-order chi connectivity index (χ0) is 32.5. The molecule has 266 valence electrons. The van der Waals surface area contributed by atoms with E-state index in [2.05, 4.69) is 24.1 Å². The van der Waals surface area contributed by atoms with Gasteiger partial charge in [0.2, 0.25) is 5.91 Å². The minimum Gasteiger partial charge on any atom is -1.00 e. The third-order valence-electron chi connectivity index (χ3n) is 9.36. The molecular weight excluding hydrogens is 635 g/mol. The predicted octanol–water partition coefficient (Wildman–Crippen LogP) is 3.54. The second kappa shape index (κ2) is 23.9. The molecule has 45 heavy (non-hydrogen) atoms. The number of amides is 1. The Hall–Kier alpha value is -0.290. The number of likely N-dealkylation sites (N-methyl/N-ethyl adjacent to an activating group) is 1. The van der Waals surface area contributed by atoms with Crippen molar-refractivity contribution >= 4 is 35.2 Å². The maximum absolute atomic E-state index is 13.3. The third kappa shape index (κ3) is 14.8. The van der Waals surface area contributed by atoms with Crippen molar-refractivity contribution in [1.82, 2.24) is 10.2 Å². The maximum Gasteiger partial charge on any atom is 1.00 e. The Kier molecular flexibility index (Phi) is 22.7. The number of carbonyl (C=O) groups excluding carboxylic acids is 2. The first kappa shape index (κ1) is 42.7. The molecule has 11 heteroatoms. The number of unbranched alkanes of at least 4 members (excludes halogenated alkanes) is 12. The van der Waals surface area contributed by atoms with E-state index >= 15 is 0 Å². The van der Waals surface area contributed by atoms with Gasteiger partial charge in [0.1, 0.15) is 23.7 Å². The number of ether oxygens (including phenoxy) is 2. The Balaban J connectivity index is 0.0000101. The Bertz CT molecular complexity index is 818. The van der Waals surface area contributed by atoms with Crippen LogP contribution in [-0.4, -0.2) is 94.2 Å². The van der Waals surface area contributed by atoms with Gasteiger partial charge >= 0.3 is 7.40 Å². The van der Waals surface area contributed by atoms with Crippen molar-refractivity contribution in [1.29, 1.82) is 0 Å². The first-order valence-electron chi connectivity index (χ1n) is 17.5. The van der Waals surface area contributed by atoms with Gasteiger partial charge in [0.25, 0.3) is 0 Å². The van der Waals surface area contributed by atoms with Crippen LogP contribution in [0.2, 0.25) is 0 Å². The minimum atomic E-state index is -1.38. The molecule has 2 fully saturated rings. The Morgan fingerprint density at radius 1 is 0.978 bits per heavy atom. The molecule has 3 N–H and O–H groups in total. The molecule has 0 radical (unpaired) electrons. The molecule has 2 aliphatic rings. The lowest BCUT2D eigenvalue weighted by molar-refractivity contribution is -0.218. The van der Waals surface area contributed by atoms with E-state index in [4.69, 9.17) is 21.1 Å². The van der Waals surface area contributed by atoms with Crippen molar-refractivity contribution in [2.75, 3.05) is 19.8 Å². The zero-order valence-corrected chi connectivity index (χ0v) is 30.9. The molecule has 0 aromatic heterocycles. The number of alkyl halides is 1. The summed E-state index contributed by atoms with van der Waals surface area (Å²) in [6.07, 6.45) is 16.3. The standard InChI is InChI=1S/C34H63ClN2O6S.ClH/c1-6-8-9-10-11-12-13-14-15-16-17-18-19-21-27(38)42-32-30(40)29(39)31(43-34(32)44-5)28(24(3)35)36-33(41)26-22-25(20-7-2)23-37(26)4;/h24-26,28-32,34,39-40H,6-23H2,1-5H3,(H,36,41);1H/t24?,25-,26+,28?,29-,30+,31-,32-,34-;/m1./s1. The van der Waals surface area contributed by atoms with Gasteiger partial charge in [-0.15, -0.1) is 23.4 Å². The molecule has 1 amide bonds. The van der Waals surface area contributed by atoms with E-state index in [1.807, 2.05) is 7.05 Å². The highest BCUT2D eigenvalue weighted by Gasteiger charge is 2.50. The molecule has 2 saturated heterocycles. The summed E-state index contributed by atoms with van der Waals surface area (Å²) < 4.78 is 11.9. The molecule has 0 aromatic carbocycles. The van der Waals surface area contributed by atoms with Crippen LogP contribution >= 0.6 is 23.4 Å². The number of carbonyl (C=O) groups is 2. The van der Waals surface area contributed by atoms with E-state index < -0.39 is 47.2 Å². The number of thioether (sulfide) groups is 1. The topological polar surface area (TPSA) is 108 Å². The average molecular weight is 700 g/mol. The molecule has 0 bridgehead atoms. The van der Waals surface area contributed by atoms with Crippen LogP contribution in [0.5, 0.6) is 0 Å². The van der Waals surface area contributed by atoms with Crippen molar-refractivity contribution in [2.24, 2.45) is 5.92 Å². The van der Waals surface area contributed by atoms with E-state index in [0.29, 0.717) is 5.92 Å². The van der Waals surface area contributed by atoms with Gasteiger partial charge in [0.05, 0.1) is 17.5 Å². The molecule has 9 atom stereocenters. The first-order chi connectivity index (χ1) is 21.1. The zero-order valence-electron chi connectivity index (χ0n) is 29.6. The fourth-order valence-corrected chi connectivity index (χ4v) is 7.65. The van der Waals surface area contributed by atoms with Gasteiger partial charge in [0.15, 0.2) is 6.10 Å². The van der Waals surface area contributed by atoms with E-state index in [9.17, 15) is 19.8 Å². The quantitative estimate of drug-likeness (QED) is 0.0896. The Labute approximate surface area is 290 Å². The van der Waals surface area contributed by atoms with Crippen LogP contribution in [0.15, 0.2) is 0 Å². The molecule has 2 heterocycles. The molecule has 2 unspecified atom stereocenters. The monoisotopic (exact) mass is 698 g/mol. The van der Waals surface area contributed by atoms with Crippen molar-refractivity contribution in [2.45, 2.75) is 177 Å². The molecular formula is C34H64Cl2N2O6S. The fourth-order valence-electron chi connectivity index (χ4n) is 6.72. The van der Waals surface area contributed by atoms with Crippen LogP contribution in [0.25, 0.3) is 0 Å². The van der Waals surface area contributed by atoms with Crippen LogP contribution in [-0.2, 0) is 19.1 Å². The maximum atomic E-state index is 13.3. The smallest absolute Gasteiger partial charge is 1.00 e. The summed E-state index contributed by atoms with van der Waals surface area (Å²) in [6.45, 7) is 7.01. The summed E-state index contributed by atoms with van der Waals surface area (Å²) in [5.41, 5.74) is -0.702. The van der Waals surface area contributed by atoms with Gasteiger partial charge in [-0.25, -0.2) is 0 Å². The molecule has 0 aliphatic carbocycles. The average Bonchev–Trinajstić information content (AvgIpc) is 3.36. The highest BCUT2D eigenvalue weighted by molar-refractivity contribution is 7.99. The second-order valence-electron chi connectivity index (χ2n) is 13.2. The van der Waals surface area contributed by atoms with Crippen LogP contribution < -0.4 is 17.7 Å². The van der Waals surface area contributed by atoms with Crippen LogP contribution in [0.1, 0.15) is 131 Å². The summed E-state index contributed by atoms with van der Waals surface area (Å²) in [5.74, 6) is -0.0742. The highest BCUT2D eigenvalue weighted by Crippen LogP contribution is 2.33. The van der Waals surface area contributed by atoms with Crippen molar-refractivity contribution in [3.63, 3.8) is 0 Å². The lowest BCUT2D eigenvalue weighted by atomic mass is 9.92. The van der Waals surface area contributed by atoms with E-state index in [0.717, 1.165) is 45.1 Å². The predicted molar refractivity (Wildman–Crippen MR) is 182 cm³/mol. The van der Waals surface area contributed by atoms with Gasteiger partial charge in [-0.2, -0.15) is 0 Å². The number of hydrogen-bond donors (Lipinski definition) is 3. The van der Waals surface area contributed by atoms with Crippen molar-refractivity contribution in [3.05, 3.63) is 0 Å². The summed E-state index contributed by atoms with van der Waals surface area (Å²) in [4.78, 5) is 28.0. The number of nitrogens with one attached hydrogen (secondary N) is 1. The number of halogens is 2. The number of nitrogens with zero attached hydrogens (tertiary/aromatic N) is 1. The lowest BCUT2D eigenvalue weighted by Gasteiger charge is -2.45. The number of esters is 1. The van der Waals surface area contributed by atoms with Crippen LogP contribution in [0.4, 0.5) is 0 Å². The molecule has 0 saturated carbocycles.